The van der Waals surface area contributed by atoms with Gasteiger partial charge in [0.05, 0.1) is 23.6 Å². The van der Waals surface area contributed by atoms with E-state index in [0.29, 0.717) is 29.7 Å². The van der Waals surface area contributed by atoms with Crippen molar-refractivity contribution in [3.05, 3.63) is 75.1 Å². The highest BCUT2D eigenvalue weighted by Gasteiger charge is 2.42. The van der Waals surface area contributed by atoms with Gasteiger partial charge in [-0.05, 0) is 74.3 Å². The van der Waals surface area contributed by atoms with E-state index in [0.717, 1.165) is 55.8 Å². The van der Waals surface area contributed by atoms with Gasteiger partial charge in [-0.2, -0.15) is 0 Å². The first kappa shape index (κ1) is 25.0. The molecule has 3 aromatic rings. The van der Waals surface area contributed by atoms with Crippen LogP contribution in [0.25, 0.3) is 11.0 Å². The van der Waals surface area contributed by atoms with Gasteiger partial charge in [-0.25, -0.2) is 0 Å². The van der Waals surface area contributed by atoms with Crippen LogP contribution < -0.4 is 10.2 Å². The van der Waals surface area contributed by atoms with Crippen molar-refractivity contribution in [3.63, 3.8) is 0 Å². The number of benzene rings is 2. The largest absolute Gasteiger partial charge is 0.494 e. The summed E-state index contributed by atoms with van der Waals surface area (Å²) >= 11 is 0. The number of rotatable bonds is 11. The maximum absolute atomic E-state index is 13.8. The quantitative estimate of drug-likeness (QED) is 0.370. The van der Waals surface area contributed by atoms with Crippen molar-refractivity contribution in [1.29, 1.82) is 0 Å². The molecule has 1 atom stereocenters. The number of ether oxygens (including phenoxy) is 1. The predicted molar refractivity (Wildman–Crippen MR) is 139 cm³/mol. The van der Waals surface area contributed by atoms with Gasteiger partial charge in [0.15, 0.2) is 5.43 Å². The number of hydrogen-bond donors (Lipinski definition) is 0. The highest BCUT2D eigenvalue weighted by atomic mass is 16.5. The van der Waals surface area contributed by atoms with E-state index in [4.69, 9.17) is 9.15 Å². The van der Waals surface area contributed by atoms with Crippen molar-refractivity contribution in [3.8, 4) is 5.75 Å². The summed E-state index contributed by atoms with van der Waals surface area (Å²) in [5.74, 6) is 0.742. The average molecular weight is 477 g/mol. The minimum absolute atomic E-state index is 0.118. The number of amides is 1. The second-order valence-electron chi connectivity index (χ2n) is 9.06. The van der Waals surface area contributed by atoms with E-state index in [1.54, 1.807) is 11.0 Å². The van der Waals surface area contributed by atoms with Gasteiger partial charge in [0.1, 0.15) is 11.3 Å². The Morgan fingerprint density at radius 2 is 1.74 bits per heavy atom. The standard InChI is InChI=1S/C29H36N2O4/c1-5-18-34-22-13-11-21(12-14-22)26-25-27(32)23-19-20(6-2)10-15-24(23)35-28(25)29(33)31(26)17-9-16-30(7-3)8-4/h10-15,19,26H,5-9,16-18H2,1-4H3. The Morgan fingerprint density at radius 3 is 2.40 bits per heavy atom. The first-order valence-corrected chi connectivity index (χ1v) is 12.9. The molecule has 0 spiro atoms. The number of hydrogen-bond acceptors (Lipinski definition) is 5. The number of aryl methyl sites for hydroxylation is 1. The van der Waals surface area contributed by atoms with Gasteiger partial charge < -0.3 is 19.0 Å². The number of fused-ring (bicyclic) bond motifs is 2. The molecule has 35 heavy (non-hydrogen) atoms. The Kier molecular flexibility index (Phi) is 7.91. The molecule has 0 saturated heterocycles. The van der Waals surface area contributed by atoms with Gasteiger partial charge in [-0.3, -0.25) is 9.59 Å². The lowest BCUT2D eigenvalue weighted by Gasteiger charge is -2.26. The molecule has 0 radical (unpaired) electrons. The Balaban J connectivity index is 1.76. The van der Waals surface area contributed by atoms with Crippen LogP contribution in [0.3, 0.4) is 0 Å². The van der Waals surface area contributed by atoms with Crippen molar-refractivity contribution >= 4 is 16.9 Å². The highest BCUT2D eigenvalue weighted by Crippen LogP contribution is 2.38. The number of nitrogens with zero attached hydrogens (tertiary/aromatic N) is 2. The van der Waals surface area contributed by atoms with Crippen LogP contribution in [0, 0.1) is 0 Å². The van der Waals surface area contributed by atoms with Gasteiger partial charge in [0.2, 0.25) is 5.76 Å². The van der Waals surface area contributed by atoms with Gasteiger partial charge in [0, 0.05) is 6.54 Å². The van der Waals surface area contributed by atoms with E-state index in [9.17, 15) is 9.59 Å². The maximum atomic E-state index is 13.8. The molecule has 1 unspecified atom stereocenters. The molecule has 186 valence electrons. The molecule has 0 N–H and O–H groups in total. The lowest BCUT2D eigenvalue weighted by Crippen LogP contribution is -2.33. The Labute approximate surface area is 207 Å². The van der Waals surface area contributed by atoms with Crippen molar-refractivity contribution in [2.75, 3.05) is 32.8 Å². The van der Waals surface area contributed by atoms with E-state index in [2.05, 4.69) is 32.6 Å². The molecule has 6 nitrogen and oxygen atoms in total. The Bertz CT molecular complexity index is 1230. The third kappa shape index (κ3) is 4.98. The molecular formula is C29H36N2O4. The molecule has 1 aromatic heterocycles. The number of carbonyl (C=O) groups excluding carboxylic acids is 1. The van der Waals surface area contributed by atoms with Crippen molar-refractivity contribution < 1.29 is 13.9 Å². The summed E-state index contributed by atoms with van der Waals surface area (Å²) in [5, 5.41) is 0.536. The van der Waals surface area contributed by atoms with Crippen molar-refractivity contribution in [2.45, 2.75) is 53.0 Å². The van der Waals surface area contributed by atoms with Crippen LogP contribution in [0.5, 0.6) is 5.75 Å². The van der Waals surface area contributed by atoms with E-state index in [1.165, 1.54) is 0 Å². The zero-order chi connectivity index (χ0) is 24.9. The van der Waals surface area contributed by atoms with Gasteiger partial charge >= 0.3 is 0 Å². The van der Waals surface area contributed by atoms with Crippen LogP contribution >= 0.6 is 0 Å². The summed E-state index contributed by atoms with van der Waals surface area (Å²) in [4.78, 5) is 31.5. The van der Waals surface area contributed by atoms with Crippen LogP contribution in [-0.2, 0) is 6.42 Å². The first-order chi connectivity index (χ1) is 17.0. The molecule has 4 rings (SSSR count). The van der Waals surface area contributed by atoms with Crippen LogP contribution in [0.1, 0.15) is 73.8 Å². The van der Waals surface area contributed by atoms with Crippen LogP contribution in [0.2, 0.25) is 0 Å². The Morgan fingerprint density at radius 1 is 1.00 bits per heavy atom. The lowest BCUT2D eigenvalue weighted by atomic mass is 9.97. The molecule has 1 aliphatic heterocycles. The summed E-state index contributed by atoms with van der Waals surface area (Å²) in [6.45, 7) is 12.4. The van der Waals surface area contributed by atoms with Crippen molar-refractivity contribution in [2.24, 2.45) is 0 Å². The molecule has 0 bridgehead atoms. The fourth-order valence-electron chi connectivity index (χ4n) is 4.84. The first-order valence-electron chi connectivity index (χ1n) is 12.9. The molecule has 2 aromatic carbocycles. The van der Waals surface area contributed by atoms with Crippen molar-refractivity contribution in [1.82, 2.24) is 9.80 Å². The summed E-state index contributed by atoms with van der Waals surface area (Å²) < 4.78 is 11.8. The van der Waals surface area contributed by atoms with Crippen LogP contribution in [0.15, 0.2) is 51.7 Å². The second kappa shape index (κ2) is 11.1. The zero-order valence-electron chi connectivity index (χ0n) is 21.3. The van der Waals surface area contributed by atoms with Gasteiger partial charge in [0.25, 0.3) is 5.91 Å². The minimum atomic E-state index is -0.472. The maximum Gasteiger partial charge on any atom is 0.290 e. The summed E-state index contributed by atoms with van der Waals surface area (Å²) in [6, 6.07) is 12.9. The highest BCUT2D eigenvalue weighted by molar-refractivity contribution is 5.99. The van der Waals surface area contributed by atoms with Crippen LogP contribution in [0.4, 0.5) is 0 Å². The smallest absolute Gasteiger partial charge is 0.290 e. The van der Waals surface area contributed by atoms with E-state index in [1.807, 2.05) is 36.4 Å². The Hall–Kier alpha value is -3.12. The SMILES string of the molecule is CCCOc1ccc(C2c3c(oc4ccc(CC)cc4c3=O)C(=O)N2CCCN(CC)CC)cc1. The molecule has 0 saturated carbocycles. The molecule has 2 heterocycles. The molecule has 1 amide bonds. The topological polar surface area (TPSA) is 63.0 Å². The molecule has 6 heteroatoms. The van der Waals surface area contributed by atoms with E-state index < -0.39 is 6.04 Å². The van der Waals surface area contributed by atoms with Crippen LogP contribution in [-0.4, -0.2) is 48.5 Å². The summed E-state index contributed by atoms with van der Waals surface area (Å²) in [6.07, 6.45) is 2.58. The van der Waals surface area contributed by atoms with E-state index >= 15 is 0 Å². The van der Waals surface area contributed by atoms with Gasteiger partial charge in [-0.15, -0.1) is 0 Å². The minimum Gasteiger partial charge on any atom is -0.494 e. The third-order valence-electron chi connectivity index (χ3n) is 6.87. The molecule has 1 aliphatic rings. The van der Waals surface area contributed by atoms with Gasteiger partial charge in [-0.1, -0.05) is 45.9 Å². The monoisotopic (exact) mass is 476 g/mol. The fraction of sp³-hybridized carbons (Fsp3) is 0.448. The molecular weight excluding hydrogens is 440 g/mol. The van der Waals surface area contributed by atoms with E-state index in [-0.39, 0.29) is 17.1 Å². The average Bonchev–Trinajstić information content (AvgIpc) is 3.17. The fourth-order valence-corrected chi connectivity index (χ4v) is 4.84. The molecule has 0 aliphatic carbocycles. The zero-order valence-corrected chi connectivity index (χ0v) is 21.3. The summed E-state index contributed by atoms with van der Waals surface area (Å²) in [7, 11) is 0. The number of carbonyl (C=O) groups is 1. The molecule has 0 fully saturated rings. The predicted octanol–water partition coefficient (Wildman–Crippen LogP) is 5.42. The second-order valence-corrected chi connectivity index (χ2v) is 9.06. The summed E-state index contributed by atoms with van der Waals surface area (Å²) in [5.41, 5.74) is 2.75. The lowest BCUT2D eigenvalue weighted by molar-refractivity contribution is 0.0720. The normalized spacial score (nSPS) is 15.3. The third-order valence-corrected chi connectivity index (χ3v) is 6.87.